The summed E-state index contributed by atoms with van der Waals surface area (Å²) in [6.07, 6.45) is 3.92. The van der Waals surface area contributed by atoms with E-state index in [1.54, 1.807) is 26.2 Å². The van der Waals surface area contributed by atoms with E-state index in [1.807, 2.05) is 85.8 Å². The first-order valence-corrected chi connectivity index (χ1v) is 14.0. The maximum absolute atomic E-state index is 13.5. The van der Waals surface area contributed by atoms with E-state index in [-0.39, 0.29) is 18.1 Å². The Balaban J connectivity index is 1.53. The highest BCUT2D eigenvalue weighted by Gasteiger charge is 2.38. The predicted molar refractivity (Wildman–Crippen MR) is 162 cm³/mol. The van der Waals surface area contributed by atoms with Gasteiger partial charge in [-0.3, -0.25) is 10.1 Å². The van der Waals surface area contributed by atoms with E-state index < -0.39 is 17.8 Å². The summed E-state index contributed by atoms with van der Waals surface area (Å²) in [5.41, 5.74) is 2.69. The summed E-state index contributed by atoms with van der Waals surface area (Å²) in [4.78, 5) is 26.7. The zero-order valence-corrected chi connectivity index (χ0v) is 23.9. The number of amides is 1. The number of rotatable bonds is 10. The molecule has 0 spiro atoms. The van der Waals surface area contributed by atoms with Gasteiger partial charge in [-0.1, -0.05) is 73.7 Å². The van der Waals surface area contributed by atoms with Crippen LogP contribution in [0.5, 0.6) is 17.2 Å². The number of benzene rings is 4. The molecule has 7 heteroatoms. The summed E-state index contributed by atoms with van der Waals surface area (Å²) in [7, 11) is 1.57. The minimum Gasteiger partial charge on any atom is -0.493 e. The molecule has 214 valence electrons. The predicted octanol–water partition coefficient (Wildman–Crippen LogP) is 6.77. The Morgan fingerprint density at radius 2 is 1.71 bits per heavy atom. The second kappa shape index (κ2) is 13.1. The van der Waals surface area contributed by atoms with Crippen molar-refractivity contribution in [2.45, 2.75) is 26.2 Å². The van der Waals surface area contributed by atoms with Gasteiger partial charge in [-0.25, -0.2) is 4.79 Å². The molecule has 4 aromatic carbocycles. The molecule has 0 radical (unpaired) electrons. The van der Waals surface area contributed by atoms with E-state index in [4.69, 9.17) is 18.9 Å². The van der Waals surface area contributed by atoms with E-state index >= 15 is 0 Å². The van der Waals surface area contributed by atoms with Crippen LogP contribution in [0.3, 0.4) is 0 Å². The molecular weight excluding hydrogens is 530 g/mol. The molecule has 0 saturated heterocycles. The van der Waals surface area contributed by atoms with Gasteiger partial charge in [-0.15, -0.1) is 0 Å². The molecule has 1 heterocycles. The number of fused-ring (bicyclic) bond motifs is 3. The first kappa shape index (κ1) is 28.5. The lowest BCUT2D eigenvalue weighted by molar-refractivity contribution is -0.139. The molecule has 1 aliphatic heterocycles. The topological polar surface area (TPSA) is 83.1 Å². The van der Waals surface area contributed by atoms with Gasteiger partial charge in [0.1, 0.15) is 11.3 Å². The Kier molecular flexibility index (Phi) is 8.87. The highest BCUT2D eigenvalue weighted by molar-refractivity contribution is 5.99. The molecule has 1 aliphatic rings. The van der Waals surface area contributed by atoms with E-state index in [9.17, 15) is 9.59 Å². The lowest BCUT2D eigenvalue weighted by Gasteiger charge is -2.31. The van der Waals surface area contributed by atoms with E-state index in [0.717, 1.165) is 33.9 Å². The van der Waals surface area contributed by atoms with Crippen LogP contribution in [0, 0.1) is 0 Å². The quantitative estimate of drug-likeness (QED) is 0.169. The van der Waals surface area contributed by atoms with Crippen molar-refractivity contribution in [3.63, 3.8) is 0 Å². The van der Waals surface area contributed by atoms with Gasteiger partial charge in [0.05, 0.1) is 26.2 Å². The van der Waals surface area contributed by atoms with Crippen LogP contribution in [0.25, 0.3) is 16.8 Å². The van der Waals surface area contributed by atoms with Crippen molar-refractivity contribution in [1.82, 2.24) is 5.32 Å². The van der Waals surface area contributed by atoms with E-state index in [0.29, 0.717) is 23.9 Å². The molecule has 1 atom stereocenters. The molecule has 4 aromatic rings. The number of esters is 1. The molecule has 1 amide bonds. The van der Waals surface area contributed by atoms with Crippen molar-refractivity contribution < 1.29 is 28.5 Å². The second-order valence-electron chi connectivity index (χ2n) is 9.69. The van der Waals surface area contributed by atoms with Crippen LogP contribution in [-0.4, -0.2) is 32.2 Å². The molecule has 5 rings (SSSR count). The van der Waals surface area contributed by atoms with Crippen molar-refractivity contribution in [2.24, 2.45) is 0 Å². The largest absolute Gasteiger partial charge is 0.493 e. The SMILES string of the molecule is CCCOc1ccc(/C=C/C(=O)NC2=C(C(=O)OCC)C(c3ccccc3)c3c(ccc4ccccc34)O2)cc1OC. The highest BCUT2D eigenvalue weighted by atomic mass is 16.5. The van der Waals surface area contributed by atoms with Crippen LogP contribution in [0.15, 0.2) is 102 Å². The molecule has 1 unspecified atom stereocenters. The third-order valence-electron chi connectivity index (χ3n) is 6.91. The fourth-order valence-electron chi connectivity index (χ4n) is 5.04. The third-order valence-corrected chi connectivity index (χ3v) is 6.91. The van der Waals surface area contributed by atoms with Crippen LogP contribution in [0.1, 0.15) is 42.9 Å². The first-order chi connectivity index (χ1) is 20.5. The lowest BCUT2D eigenvalue weighted by atomic mass is 9.80. The van der Waals surface area contributed by atoms with Gasteiger partial charge in [0.15, 0.2) is 11.5 Å². The highest BCUT2D eigenvalue weighted by Crippen LogP contribution is 2.46. The smallest absolute Gasteiger partial charge is 0.340 e. The van der Waals surface area contributed by atoms with Crippen LogP contribution in [0.4, 0.5) is 0 Å². The van der Waals surface area contributed by atoms with Gasteiger partial charge in [0.25, 0.3) is 5.91 Å². The first-order valence-electron chi connectivity index (χ1n) is 14.0. The van der Waals surface area contributed by atoms with Crippen molar-refractivity contribution in [2.75, 3.05) is 20.3 Å². The van der Waals surface area contributed by atoms with Crippen LogP contribution in [-0.2, 0) is 14.3 Å². The molecule has 42 heavy (non-hydrogen) atoms. The lowest BCUT2D eigenvalue weighted by Crippen LogP contribution is -2.33. The summed E-state index contributed by atoms with van der Waals surface area (Å²) in [5, 5.41) is 4.78. The van der Waals surface area contributed by atoms with Gasteiger partial charge in [0, 0.05) is 11.6 Å². The van der Waals surface area contributed by atoms with Gasteiger partial charge in [-0.05, 0) is 59.5 Å². The summed E-state index contributed by atoms with van der Waals surface area (Å²) in [5.74, 6) is 0.259. The number of methoxy groups -OCH3 is 1. The number of ether oxygens (including phenoxy) is 4. The molecule has 0 fully saturated rings. The summed E-state index contributed by atoms with van der Waals surface area (Å²) in [6.45, 7) is 4.53. The zero-order valence-electron chi connectivity index (χ0n) is 23.9. The maximum Gasteiger partial charge on any atom is 0.340 e. The molecule has 1 N–H and O–H groups in total. The molecule has 7 nitrogen and oxygen atoms in total. The van der Waals surface area contributed by atoms with Crippen molar-refractivity contribution in [3.05, 3.63) is 119 Å². The van der Waals surface area contributed by atoms with Gasteiger partial charge in [0.2, 0.25) is 5.88 Å². The van der Waals surface area contributed by atoms with Gasteiger partial charge < -0.3 is 18.9 Å². The maximum atomic E-state index is 13.5. The van der Waals surface area contributed by atoms with Crippen LogP contribution < -0.4 is 19.5 Å². The third kappa shape index (κ3) is 6.00. The minimum absolute atomic E-state index is 0.0422. The summed E-state index contributed by atoms with van der Waals surface area (Å²) >= 11 is 0. The minimum atomic E-state index is -0.559. The zero-order chi connectivity index (χ0) is 29.5. The van der Waals surface area contributed by atoms with Crippen molar-refractivity contribution >= 4 is 28.7 Å². The molecule has 0 bridgehead atoms. The Morgan fingerprint density at radius 1 is 0.929 bits per heavy atom. The molecule has 0 aromatic heterocycles. The van der Waals surface area contributed by atoms with Crippen molar-refractivity contribution in [1.29, 1.82) is 0 Å². The average Bonchev–Trinajstić information content (AvgIpc) is 3.02. The number of hydrogen-bond donors (Lipinski definition) is 1. The number of hydrogen-bond acceptors (Lipinski definition) is 6. The Morgan fingerprint density at radius 3 is 2.48 bits per heavy atom. The van der Waals surface area contributed by atoms with Crippen LogP contribution in [0.2, 0.25) is 0 Å². The monoisotopic (exact) mass is 563 g/mol. The fourth-order valence-corrected chi connectivity index (χ4v) is 5.04. The second-order valence-corrected chi connectivity index (χ2v) is 9.69. The average molecular weight is 564 g/mol. The van der Waals surface area contributed by atoms with Crippen LogP contribution >= 0.6 is 0 Å². The fraction of sp³-hybridized carbons (Fsp3) is 0.200. The van der Waals surface area contributed by atoms with E-state index in [2.05, 4.69) is 5.32 Å². The Bertz CT molecular complexity index is 1660. The molecule has 0 aliphatic carbocycles. The van der Waals surface area contributed by atoms with Crippen molar-refractivity contribution in [3.8, 4) is 17.2 Å². The Labute approximate surface area is 245 Å². The molecular formula is C35H33NO6. The standard InChI is InChI=1S/C35H33NO6/c1-4-21-41-27-18-15-23(22-29(27)39-3)16-20-30(37)36-34-33(35(38)40-5-2)31(25-12-7-6-8-13-25)32-26-14-10-9-11-24(26)17-19-28(32)42-34/h6-20,22,31H,4-5,21H2,1-3H3,(H,36,37)/b20-16+. The van der Waals surface area contributed by atoms with E-state index in [1.165, 1.54) is 6.08 Å². The normalized spacial score (nSPS) is 14.3. The number of carbonyl (C=O) groups excluding carboxylic acids is 2. The molecule has 0 saturated carbocycles. The summed E-state index contributed by atoms with van der Waals surface area (Å²) < 4.78 is 22.9. The van der Waals surface area contributed by atoms with Gasteiger partial charge in [-0.2, -0.15) is 0 Å². The Hall–Kier alpha value is -5.04. The number of nitrogens with one attached hydrogen (secondary N) is 1. The number of carbonyl (C=O) groups is 2. The summed E-state index contributed by atoms with van der Waals surface area (Å²) in [6, 6.07) is 26.9. The van der Waals surface area contributed by atoms with Gasteiger partial charge >= 0.3 is 5.97 Å².